The van der Waals surface area contributed by atoms with Gasteiger partial charge in [-0.05, 0) is 37.8 Å². The van der Waals surface area contributed by atoms with E-state index in [-0.39, 0.29) is 11.3 Å². The average Bonchev–Trinajstić information content (AvgIpc) is 2.39. The van der Waals surface area contributed by atoms with Crippen LogP contribution in [0.3, 0.4) is 0 Å². The molecule has 1 aliphatic heterocycles. The molecule has 0 saturated carbocycles. The molecule has 108 valence electrons. The van der Waals surface area contributed by atoms with E-state index in [0.717, 1.165) is 42.6 Å². The summed E-state index contributed by atoms with van der Waals surface area (Å²) in [6.07, 6.45) is 1.69. The summed E-state index contributed by atoms with van der Waals surface area (Å²) in [6, 6.07) is 5.97. The SMILES string of the molecule is Cc1cccc(C)c1C(=O)N1CCC(C)(C(N)=S)CC1. The molecule has 0 radical (unpaired) electrons. The highest BCUT2D eigenvalue weighted by Crippen LogP contribution is 2.32. The van der Waals surface area contributed by atoms with Gasteiger partial charge in [0.05, 0.1) is 4.99 Å². The summed E-state index contributed by atoms with van der Waals surface area (Å²) >= 11 is 5.14. The highest BCUT2D eigenvalue weighted by Gasteiger charge is 2.34. The molecule has 2 rings (SSSR count). The molecule has 4 heteroatoms. The fourth-order valence-electron chi connectivity index (χ4n) is 2.76. The Kier molecular flexibility index (Phi) is 4.14. The van der Waals surface area contributed by atoms with Gasteiger partial charge in [0.1, 0.15) is 0 Å². The maximum Gasteiger partial charge on any atom is 0.254 e. The third kappa shape index (κ3) is 2.70. The van der Waals surface area contributed by atoms with Crippen LogP contribution in [0.2, 0.25) is 0 Å². The maximum atomic E-state index is 12.7. The molecule has 0 bridgehead atoms. The Labute approximate surface area is 126 Å². The first-order valence-corrected chi connectivity index (χ1v) is 7.41. The fourth-order valence-corrected chi connectivity index (χ4v) is 2.96. The number of nitrogens with two attached hydrogens (primary N) is 1. The first-order valence-electron chi connectivity index (χ1n) is 7.00. The summed E-state index contributed by atoms with van der Waals surface area (Å²) in [7, 11) is 0. The minimum atomic E-state index is -0.104. The normalized spacial score (nSPS) is 17.9. The molecule has 0 aliphatic carbocycles. The Bertz CT molecular complexity index is 525. The zero-order valence-corrected chi connectivity index (χ0v) is 13.2. The van der Waals surface area contributed by atoms with E-state index >= 15 is 0 Å². The molecular weight excluding hydrogens is 268 g/mol. The number of hydrogen-bond acceptors (Lipinski definition) is 2. The smallest absolute Gasteiger partial charge is 0.254 e. The molecule has 0 aromatic heterocycles. The van der Waals surface area contributed by atoms with Crippen molar-refractivity contribution in [1.82, 2.24) is 4.90 Å². The lowest BCUT2D eigenvalue weighted by Gasteiger charge is -2.39. The predicted octanol–water partition coefficient (Wildman–Crippen LogP) is 2.83. The number of likely N-dealkylation sites (tertiary alicyclic amines) is 1. The predicted molar refractivity (Wildman–Crippen MR) is 85.9 cm³/mol. The Morgan fingerprint density at radius 3 is 2.20 bits per heavy atom. The minimum absolute atomic E-state index is 0.104. The van der Waals surface area contributed by atoms with Crippen molar-refractivity contribution in [1.29, 1.82) is 0 Å². The highest BCUT2D eigenvalue weighted by atomic mass is 32.1. The van der Waals surface area contributed by atoms with Gasteiger partial charge in [0.15, 0.2) is 0 Å². The van der Waals surface area contributed by atoms with E-state index in [2.05, 4.69) is 6.92 Å². The van der Waals surface area contributed by atoms with Crippen molar-refractivity contribution in [3.05, 3.63) is 34.9 Å². The van der Waals surface area contributed by atoms with Crippen molar-refractivity contribution in [2.24, 2.45) is 11.1 Å². The first kappa shape index (κ1) is 15.0. The third-order valence-corrected chi connectivity index (χ3v) is 4.94. The molecule has 1 heterocycles. The van der Waals surface area contributed by atoms with E-state index in [4.69, 9.17) is 18.0 Å². The number of piperidine rings is 1. The van der Waals surface area contributed by atoms with Crippen LogP contribution in [-0.4, -0.2) is 28.9 Å². The van der Waals surface area contributed by atoms with Crippen LogP contribution < -0.4 is 5.73 Å². The molecule has 1 aliphatic rings. The number of carbonyl (C=O) groups excluding carboxylic acids is 1. The van der Waals surface area contributed by atoms with Gasteiger partial charge in [0.2, 0.25) is 0 Å². The molecule has 0 atom stereocenters. The Morgan fingerprint density at radius 1 is 1.25 bits per heavy atom. The number of carbonyl (C=O) groups is 1. The number of benzene rings is 1. The first-order chi connectivity index (χ1) is 9.35. The second-order valence-corrected chi connectivity index (χ2v) is 6.42. The molecule has 1 aromatic carbocycles. The van der Waals surface area contributed by atoms with Gasteiger partial charge in [0.25, 0.3) is 5.91 Å². The van der Waals surface area contributed by atoms with Gasteiger partial charge >= 0.3 is 0 Å². The molecule has 0 unspecified atom stereocenters. The van der Waals surface area contributed by atoms with Crippen molar-refractivity contribution in [3.63, 3.8) is 0 Å². The number of hydrogen-bond donors (Lipinski definition) is 1. The summed E-state index contributed by atoms with van der Waals surface area (Å²) in [5.41, 5.74) is 8.62. The third-order valence-electron chi connectivity index (χ3n) is 4.44. The van der Waals surface area contributed by atoms with Crippen LogP contribution in [0, 0.1) is 19.3 Å². The van der Waals surface area contributed by atoms with E-state index in [9.17, 15) is 4.79 Å². The maximum absolute atomic E-state index is 12.7. The number of amides is 1. The van der Waals surface area contributed by atoms with Crippen molar-refractivity contribution >= 4 is 23.1 Å². The number of thiocarbonyl (C=S) groups is 1. The van der Waals surface area contributed by atoms with Gasteiger partial charge in [0, 0.05) is 24.1 Å². The van der Waals surface area contributed by atoms with Crippen LogP contribution in [0.4, 0.5) is 0 Å². The minimum Gasteiger partial charge on any atom is -0.393 e. The second kappa shape index (κ2) is 5.52. The lowest BCUT2D eigenvalue weighted by atomic mass is 9.80. The van der Waals surface area contributed by atoms with Crippen molar-refractivity contribution < 1.29 is 4.79 Å². The van der Waals surface area contributed by atoms with E-state index in [0.29, 0.717) is 4.99 Å². The number of nitrogens with zero attached hydrogens (tertiary/aromatic N) is 1. The monoisotopic (exact) mass is 290 g/mol. The summed E-state index contributed by atoms with van der Waals surface area (Å²) in [5, 5.41) is 0. The average molecular weight is 290 g/mol. The fraction of sp³-hybridized carbons (Fsp3) is 0.500. The van der Waals surface area contributed by atoms with Gasteiger partial charge in [-0.1, -0.05) is 37.3 Å². The molecule has 1 saturated heterocycles. The van der Waals surface area contributed by atoms with Gasteiger partial charge in [-0.15, -0.1) is 0 Å². The molecule has 20 heavy (non-hydrogen) atoms. The van der Waals surface area contributed by atoms with Crippen LogP contribution in [0.15, 0.2) is 18.2 Å². The summed E-state index contributed by atoms with van der Waals surface area (Å²) in [4.78, 5) is 15.2. The quantitative estimate of drug-likeness (QED) is 0.852. The second-order valence-electron chi connectivity index (χ2n) is 5.98. The zero-order chi connectivity index (χ0) is 14.9. The lowest BCUT2D eigenvalue weighted by molar-refractivity contribution is 0.0669. The standard InChI is InChI=1S/C16H22N2OS/c1-11-5-4-6-12(2)13(11)14(19)18-9-7-16(3,8-10-18)15(17)20/h4-6H,7-10H2,1-3H3,(H2,17,20). The Hall–Kier alpha value is -1.42. The van der Waals surface area contributed by atoms with Crippen molar-refractivity contribution in [2.45, 2.75) is 33.6 Å². The Morgan fingerprint density at radius 2 is 1.75 bits per heavy atom. The van der Waals surface area contributed by atoms with E-state index < -0.39 is 0 Å². The van der Waals surface area contributed by atoms with Crippen LogP contribution in [-0.2, 0) is 0 Å². The van der Waals surface area contributed by atoms with Gasteiger partial charge in [-0.3, -0.25) is 4.79 Å². The van der Waals surface area contributed by atoms with Gasteiger partial charge < -0.3 is 10.6 Å². The molecular formula is C16H22N2OS. The van der Waals surface area contributed by atoms with Crippen LogP contribution in [0.1, 0.15) is 41.3 Å². The molecule has 0 spiro atoms. The molecule has 1 fully saturated rings. The Balaban J connectivity index is 2.15. The molecule has 2 N–H and O–H groups in total. The molecule has 1 amide bonds. The van der Waals surface area contributed by atoms with E-state index in [1.54, 1.807) is 0 Å². The number of rotatable bonds is 2. The lowest BCUT2D eigenvalue weighted by Crippen LogP contribution is -2.47. The van der Waals surface area contributed by atoms with Crippen LogP contribution in [0.25, 0.3) is 0 Å². The van der Waals surface area contributed by atoms with Crippen molar-refractivity contribution in [2.75, 3.05) is 13.1 Å². The summed E-state index contributed by atoms with van der Waals surface area (Å²) < 4.78 is 0. The number of aryl methyl sites for hydroxylation is 2. The van der Waals surface area contributed by atoms with Crippen LogP contribution >= 0.6 is 12.2 Å². The zero-order valence-electron chi connectivity index (χ0n) is 12.4. The summed E-state index contributed by atoms with van der Waals surface area (Å²) in [6.45, 7) is 7.52. The molecule has 1 aromatic rings. The summed E-state index contributed by atoms with van der Waals surface area (Å²) in [5.74, 6) is 0.130. The van der Waals surface area contributed by atoms with Crippen molar-refractivity contribution in [3.8, 4) is 0 Å². The highest BCUT2D eigenvalue weighted by molar-refractivity contribution is 7.80. The van der Waals surface area contributed by atoms with Gasteiger partial charge in [-0.25, -0.2) is 0 Å². The van der Waals surface area contributed by atoms with Gasteiger partial charge in [-0.2, -0.15) is 0 Å². The molecule has 3 nitrogen and oxygen atoms in total. The van der Waals surface area contributed by atoms with E-state index in [1.807, 2.05) is 36.9 Å². The topological polar surface area (TPSA) is 46.3 Å². The van der Waals surface area contributed by atoms with E-state index in [1.165, 1.54) is 0 Å². The van der Waals surface area contributed by atoms with Crippen LogP contribution in [0.5, 0.6) is 0 Å². The largest absolute Gasteiger partial charge is 0.393 e.